The summed E-state index contributed by atoms with van der Waals surface area (Å²) in [7, 11) is 1.66. The molecule has 4 nitrogen and oxygen atoms in total. The number of hydrogen-bond donors (Lipinski definition) is 1. The van der Waals surface area contributed by atoms with Gasteiger partial charge in [-0.05, 0) is 36.0 Å². The van der Waals surface area contributed by atoms with Gasteiger partial charge in [-0.3, -0.25) is 0 Å². The molecule has 1 saturated carbocycles. The van der Waals surface area contributed by atoms with Crippen molar-refractivity contribution in [2.24, 2.45) is 5.41 Å². The fourth-order valence-electron chi connectivity index (χ4n) is 3.46. The maximum atomic E-state index is 6.05. The van der Waals surface area contributed by atoms with Gasteiger partial charge in [0.1, 0.15) is 5.75 Å². The number of methoxy groups -OCH3 is 1. The molecule has 0 saturated heterocycles. The summed E-state index contributed by atoms with van der Waals surface area (Å²) in [6, 6.07) is 7.89. The zero-order valence-electron chi connectivity index (χ0n) is 12.8. The Hall–Kier alpha value is -1.97. The maximum Gasteiger partial charge on any atom is 0.230 e. The van der Waals surface area contributed by atoms with Crippen LogP contribution in [0.5, 0.6) is 5.75 Å². The summed E-state index contributed by atoms with van der Waals surface area (Å²) in [5.74, 6) is 1.59. The second kappa shape index (κ2) is 5.10. The molecule has 1 atom stereocenters. The molecule has 1 aromatic carbocycles. The van der Waals surface area contributed by atoms with Crippen molar-refractivity contribution in [1.29, 1.82) is 0 Å². The monoisotopic (exact) mass is 286 g/mol. The van der Waals surface area contributed by atoms with E-state index in [-0.39, 0.29) is 5.41 Å². The van der Waals surface area contributed by atoms with E-state index in [0.717, 1.165) is 29.0 Å². The predicted octanol–water partition coefficient (Wildman–Crippen LogP) is 4.23. The van der Waals surface area contributed by atoms with Crippen LogP contribution in [0.2, 0.25) is 0 Å². The Morgan fingerprint density at radius 2 is 2.19 bits per heavy atom. The van der Waals surface area contributed by atoms with Crippen molar-refractivity contribution in [2.75, 3.05) is 12.8 Å². The Bertz CT molecular complexity index is 646. The molecule has 1 aromatic heterocycles. The summed E-state index contributed by atoms with van der Waals surface area (Å²) in [5.41, 5.74) is 9.20. The Morgan fingerprint density at radius 1 is 1.38 bits per heavy atom. The van der Waals surface area contributed by atoms with Crippen LogP contribution in [0.25, 0.3) is 11.1 Å². The average Bonchev–Trinajstić information content (AvgIpc) is 3.00. The van der Waals surface area contributed by atoms with Gasteiger partial charge >= 0.3 is 0 Å². The van der Waals surface area contributed by atoms with Gasteiger partial charge in [0.2, 0.25) is 5.88 Å². The number of ether oxygens (including phenoxy) is 1. The van der Waals surface area contributed by atoms with Crippen molar-refractivity contribution in [3.8, 4) is 16.9 Å². The number of nitrogens with two attached hydrogens (primary N) is 1. The van der Waals surface area contributed by atoms with E-state index in [4.69, 9.17) is 15.0 Å². The summed E-state index contributed by atoms with van der Waals surface area (Å²) in [5, 5.41) is 4.28. The molecule has 4 heteroatoms. The zero-order valence-corrected chi connectivity index (χ0v) is 12.8. The molecule has 21 heavy (non-hydrogen) atoms. The lowest BCUT2D eigenvalue weighted by Crippen LogP contribution is -2.16. The molecule has 1 fully saturated rings. The number of anilines is 1. The van der Waals surface area contributed by atoms with Crippen molar-refractivity contribution in [3.05, 3.63) is 30.0 Å². The fraction of sp³-hybridized carbons (Fsp3) is 0.471. The summed E-state index contributed by atoms with van der Waals surface area (Å²) in [6.45, 7) is 4.59. The van der Waals surface area contributed by atoms with E-state index < -0.39 is 0 Å². The van der Waals surface area contributed by atoms with Crippen molar-refractivity contribution in [1.82, 2.24) is 5.16 Å². The number of benzene rings is 1. The minimum absolute atomic E-state index is 0.233. The van der Waals surface area contributed by atoms with Gasteiger partial charge < -0.3 is 15.0 Å². The lowest BCUT2D eigenvalue weighted by atomic mass is 9.78. The molecule has 112 valence electrons. The molecule has 1 aliphatic rings. The van der Waals surface area contributed by atoms with Crippen molar-refractivity contribution in [2.45, 2.75) is 39.0 Å². The number of hydrogen-bond acceptors (Lipinski definition) is 4. The van der Waals surface area contributed by atoms with E-state index in [9.17, 15) is 0 Å². The first-order valence-corrected chi connectivity index (χ1v) is 7.42. The van der Waals surface area contributed by atoms with Crippen LogP contribution in [0, 0.1) is 5.41 Å². The van der Waals surface area contributed by atoms with E-state index in [1.165, 1.54) is 12.8 Å². The topological polar surface area (TPSA) is 61.3 Å². The van der Waals surface area contributed by atoms with E-state index in [2.05, 4.69) is 19.0 Å². The van der Waals surface area contributed by atoms with E-state index in [1.807, 2.05) is 24.3 Å². The molecule has 1 aliphatic carbocycles. The second-order valence-electron chi connectivity index (χ2n) is 6.47. The van der Waals surface area contributed by atoms with Crippen LogP contribution in [0.4, 0.5) is 5.88 Å². The van der Waals surface area contributed by atoms with Crippen LogP contribution in [-0.2, 0) is 0 Å². The third-order valence-corrected chi connectivity index (χ3v) is 4.69. The summed E-state index contributed by atoms with van der Waals surface area (Å²) < 4.78 is 10.6. The number of nitrogens with zero attached hydrogens (tertiary/aromatic N) is 1. The third kappa shape index (κ3) is 2.39. The SMILES string of the molecule is COc1cccc(-c2c(C3CCCC3(C)C)noc2N)c1. The molecule has 0 amide bonds. The van der Waals surface area contributed by atoms with Gasteiger partial charge in [0.25, 0.3) is 0 Å². The first-order valence-electron chi connectivity index (χ1n) is 7.42. The predicted molar refractivity (Wildman–Crippen MR) is 83.3 cm³/mol. The van der Waals surface area contributed by atoms with Gasteiger partial charge in [0, 0.05) is 5.92 Å². The molecule has 1 heterocycles. The zero-order chi connectivity index (χ0) is 15.0. The highest BCUT2D eigenvalue weighted by atomic mass is 16.5. The normalized spacial score (nSPS) is 20.6. The lowest BCUT2D eigenvalue weighted by Gasteiger charge is -2.25. The van der Waals surface area contributed by atoms with Crippen LogP contribution in [-0.4, -0.2) is 12.3 Å². The molecule has 0 spiro atoms. The lowest BCUT2D eigenvalue weighted by molar-refractivity contribution is 0.314. The molecular weight excluding hydrogens is 264 g/mol. The highest BCUT2D eigenvalue weighted by molar-refractivity contribution is 5.76. The minimum Gasteiger partial charge on any atom is -0.497 e. The van der Waals surface area contributed by atoms with Crippen LogP contribution in [0.15, 0.2) is 28.8 Å². The van der Waals surface area contributed by atoms with Gasteiger partial charge in [-0.2, -0.15) is 0 Å². The number of nitrogen functional groups attached to an aromatic ring is 1. The van der Waals surface area contributed by atoms with Crippen molar-refractivity contribution >= 4 is 5.88 Å². The van der Waals surface area contributed by atoms with Crippen LogP contribution in [0.1, 0.15) is 44.7 Å². The first-order chi connectivity index (χ1) is 10.0. The van der Waals surface area contributed by atoms with E-state index in [0.29, 0.717) is 11.8 Å². The molecule has 0 radical (unpaired) electrons. The van der Waals surface area contributed by atoms with Crippen LogP contribution in [0.3, 0.4) is 0 Å². The largest absolute Gasteiger partial charge is 0.497 e. The number of aromatic nitrogens is 1. The third-order valence-electron chi connectivity index (χ3n) is 4.69. The summed E-state index contributed by atoms with van der Waals surface area (Å²) >= 11 is 0. The van der Waals surface area contributed by atoms with Gasteiger partial charge in [-0.25, -0.2) is 0 Å². The Labute approximate surface area is 125 Å². The molecule has 3 rings (SSSR count). The standard InChI is InChI=1S/C17H22N2O2/c1-17(2)9-5-8-13(17)15-14(16(18)21-19-15)11-6-4-7-12(10-11)20-3/h4,6-7,10,13H,5,8-9,18H2,1-3H3. The summed E-state index contributed by atoms with van der Waals surface area (Å²) in [6.07, 6.45) is 3.57. The Kier molecular flexibility index (Phi) is 3.40. The van der Waals surface area contributed by atoms with Gasteiger partial charge in [0.15, 0.2) is 0 Å². The minimum atomic E-state index is 0.233. The van der Waals surface area contributed by atoms with Gasteiger partial charge in [-0.15, -0.1) is 0 Å². The Balaban J connectivity index is 2.09. The quantitative estimate of drug-likeness (QED) is 0.917. The Morgan fingerprint density at radius 3 is 2.86 bits per heavy atom. The smallest absolute Gasteiger partial charge is 0.230 e. The fourth-order valence-corrected chi connectivity index (χ4v) is 3.46. The molecular formula is C17H22N2O2. The highest BCUT2D eigenvalue weighted by Crippen LogP contribution is 2.51. The average molecular weight is 286 g/mol. The maximum absolute atomic E-state index is 6.05. The van der Waals surface area contributed by atoms with Gasteiger partial charge in [0.05, 0.1) is 18.4 Å². The molecule has 1 unspecified atom stereocenters. The molecule has 0 bridgehead atoms. The second-order valence-corrected chi connectivity index (χ2v) is 6.47. The first kappa shape index (κ1) is 14.0. The highest BCUT2D eigenvalue weighted by Gasteiger charge is 2.39. The van der Waals surface area contributed by atoms with Crippen molar-refractivity contribution in [3.63, 3.8) is 0 Å². The molecule has 2 N–H and O–H groups in total. The molecule has 2 aromatic rings. The van der Waals surface area contributed by atoms with Crippen LogP contribution < -0.4 is 10.5 Å². The van der Waals surface area contributed by atoms with E-state index >= 15 is 0 Å². The van der Waals surface area contributed by atoms with E-state index in [1.54, 1.807) is 7.11 Å². The summed E-state index contributed by atoms with van der Waals surface area (Å²) in [4.78, 5) is 0. The van der Waals surface area contributed by atoms with Gasteiger partial charge in [-0.1, -0.05) is 37.6 Å². The van der Waals surface area contributed by atoms with Crippen LogP contribution >= 0.6 is 0 Å². The molecule has 0 aliphatic heterocycles. The number of rotatable bonds is 3. The van der Waals surface area contributed by atoms with Crippen molar-refractivity contribution < 1.29 is 9.26 Å².